The highest BCUT2D eigenvalue weighted by molar-refractivity contribution is 5.99. The molecular weight excluding hydrogens is 370 g/mol. The first-order valence-electron chi connectivity index (χ1n) is 10.2. The van der Waals surface area contributed by atoms with E-state index in [0.29, 0.717) is 25.5 Å². The molecule has 0 aliphatic carbocycles. The molecule has 1 aromatic carbocycles. The van der Waals surface area contributed by atoms with Gasteiger partial charge in [-0.1, -0.05) is 18.2 Å². The molecule has 0 spiro atoms. The quantitative estimate of drug-likeness (QED) is 0.829. The molecule has 2 saturated heterocycles. The topological polar surface area (TPSA) is 88.5 Å². The van der Waals surface area contributed by atoms with Crippen LogP contribution in [0.15, 0.2) is 36.5 Å². The highest BCUT2D eigenvalue weighted by atomic mass is 16.5. The molecule has 0 radical (unpaired) electrons. The molecule has 3 heterocycles. The van der Waals surface area contributed by atoms with Crippen LogP contribution in [0.1, 0.15) is 37.3 Å². The highest BCUT2D eigenvalue weighted by Crippen LogP contribution is 2.27. The maximum atomic E-state index is 12.5. The summed E-state index contributed by atoms with van der Waals surface area (Å²) in [6.45, 7) is 3.99. The lowest BCUT2D eigenvalue weighted by atomic mass is 10.0. The number of hydrogen-bond donors (Lipinski definition) is 2. The van der Waals surface area contributed by atoms with Crippen LogP contribution in [0.25, 0.3) is 0 Å². The van der Waals surface area contributed by atoms with Crippen LogP contribution in [0.4, 0.5) is 16.3 Å². The Morgan fingerprint density at radius 3 is 2.62 bits per heavy atom. The average molecular weight is 397 g/mol. The number of nitrogens with one attached hydrogen (secondary N) is 2. The highest BCUT2D eigenvalue weighted by Gasteiger charge is 2.31. The van der Waals surface area contributed by atoms with Crippen molar-refractivity contribution in [3.8, 4) is 0 Å². The molecule has 0 bridgehead atoms. The zero-order chi connectivity index (χ0) is 20.2. The predicted molar refractivity (Wildman–Crippen MR) is 110 cm³/mol. The minimum absolute atomic E-state index is 0.109. The van der Waals surface area contributed by atoms with Crippen molar-refractivity contribution < 1.29 is 14.3 Å². The molecule has 2 aromatic rings. The number of carbonyl (C=O) groups excluding carboxylic acids is 2. The number of para-hydroxylation sites is 1. The van der Waals surface area contributed by atoms with Crippen LogP contribution in [-0.4, -0.2) is 52.4 Å². The van der Waals surface area contributed by atoms with Gasteiger partial charge in [0.15, 0.2) is 0 Å². The second-order valence-electron chi connectivity index (χ2n) is 7.61. The number of nitrogens with zero attached hydrogens (tertiary/aromatic N) is 3. The summed E-state index contributed by atoms with van der Waals surface area (Å²) in [7, 11) is 0. The number of carbonyl (C=O) groups is 2. The summed E-state index contributed by atoms with van der Waals surface area (Å²) < 4.78 is 7.38. The Hall–Kier alpha value is -2.87. The molecule has 0 unspecified atom stereocenters. The van der Waals surface area contributed by atoms with Crippen molar-refractivity contribution in [3.05, 3.63) is 42.1 Å². The molecular formula is C21H27N5O3. The van der Waals surface area contributed by atoms with E-state index in [1.807, 2.05) is 40.8 Å². The summed E-state index contributed by atoms with van der Waals surface area (Å²) in [5.41, 5.74) is 1.77. The van der Waals surface area contributed by atoms with Crippen molar-refractivity contribution in [1.82, 2.24) is 14.7 Å². The average Bonchev–Trinajstić information content (AvgIpc) is 3.42. The molecule has 3 amide bonds. The molecule has 2 aliphatic heterocycles. The lowest BCUT2D eigenvalue weighted by Gasteiger charge is -2.33. The number of benzene rings is 1. The van der Waals surface area contributed by atoms with Gasteiger partial charge in [-0.2, -0.15) is 5.10 Å². The minimum Gasteiger partial charge on any atom is -0.368 e. The first-order chi connectivity index (χ1) is 14.1. The molecule has 154 valence electrons. The zero-order valence-electron chi connectivity index (χ0n) is 16.6. The predicted octanol–water partition coefficient (Wildman–Crippen LogP) is 3.18. The van der Waals surface area contributed by atoms with Gasteiger partial charge in [-0.25, -0.2) is 9.48 Å². The number of piperidine rings is 1. The van der Waals surface area contributed by atoms with Gasteiger partial charge in [0.1, 0.15) is 11.9 Å². The Bertz CT molecular complexity index is 867. The third-order valence-electron chi connectivity index (χ3n) is 5.63. The van der Waals surface area contributed by atoms with Gasteiger partial charge in [0.2, 0.25) is 0 Å². The van der Waals surface area contributed by atoms with Crippen molar-refractivity contribution in [2.45, 2.75) is 44.8 Å². The van der Waals surface area contributed by atoms with Gasteiger partial charge in [0, 0.05) is 31.5 Å². The molecule has 8 nitrogen and oxygen atoms in total. The van der Waals surface area contributed by atoms with E-state index in [9.17, 15) is 9.59 Å². The number of rotatable bonds is 4. The van der Waals surface area contributed by atoms with Gasteiger partial charge in [-0.3, -0.25) is 10.1 Å². The van der Waals surface area contributed by atoms with Crippen molar-refractivity contribution in [2.75, 3.05) is 30.3 Å². The third-order valence-corrected chi connectivity index (χ3v) is 5.63. The molecule has 1 aromatic heterocycles. The van der Waals surface area contributed by atoms with Crippen LogP contribution in [-0.2, 0) is 9.53 Å². The lowest BCUT2D eigenvalue weighted by Crippen LogP contribution is -2.44. The smallest absolute Gasteiger partial charge is 0.324 e. The maximum absolute atomic E-state index is 12.5. The first kappa shape index (κ1) is 19.4. The molecule has 2 N–H and O–H groups in total. The van der Waals surface area contributed by atoms with E-state index < -0.39 is 0 Å². The number of aromatic nitrogens is 2. The van der Waals surface area contributed by atoms with Crippen LogP contribution in [0.3, 0.4) is 0 Å². The van der Waals surface area contributed by atoms with E-state index in [-0.39, 0.29) is 24.1 Å². The largest absolute Gasteiger partial charge is 0.368 e. The lowest BCUT2D eigenvalue weighted by molar-refractivity contribution is -0.142. The van der Waals surface area contributed by atoms with E-state index >= 15 is 0 Å². The van der Waals surface area contributed by atoms with Crippen LogP contribution in [0, 0.1) is 6.92 Å². The monoisotopic (exact) mass is 397 g/mol. The number of urea groups is 1. The molecule has 2 aliphatic rings. The maximum Gasteiger partial charge on any atom is 0.324 e. The second-order valence-corrected chi connectivity index (χ2v) is 7.61. The SMILES string of the molecule is Cc1ccccc1NC(=O)Nc1ccnn1C1CCN(C(=O)[C@@H]2CCCO2)CC1. The fourth-order valence-electron chi connectivity index (χ4n) is 3.99. The van der Waals surface area contributed by atoms with E-state index in [2.05, 4.69) is 15.7 Å². The van der Waals surface area contributed by atoms with Crippen molar-refractivity contribution in [1.29, 1.82) is 0 Å². The Kier molecular flexibility index (Phi) is 5.80. The number of likely N-dealkylation sites (tertiary alicyclic amines) is 1. The van der Waals surface area contributed by atoms with Gasteiger partial charge in [-0.15, -0.1) is 0 Å². The minimum atomic E-state index is -0.299. The van der Waals surface area contributed by atoms with Gasteiger partial charge in [-0.05, 0) is 44.2 Å². The van der Waals surface area contributed by atoms with E-state index in [4.69, 9.17) is 4.74 Å². The molecule has 0 saturated carbocycles. The molecule has 8 heteroatoms. The number of amides is 3. The Balaban J connectivity index is 1.34. The van der Waals surface area contributed by atoms with Crippen LogP contribution < -0.4 is 10.6 Å². The summed E-state index contributed by atoms with van der Waals surface area (Å²) in [5.74, 6) is 0.761. The summed E-state index contributed by atoms with van der Waals surface area (Å²) >= 11 is 0. The van der Waals surface area contributed by atoms with Gasteiger partial charge in [0.05, 0.1) is 12.2 Å². The summed E-state index contributed by atoms with van der Waals surface area (Å²) in [5, 5.41) is 10.2. The van der Waals surface area contributed by atoms with Crippen LogP contribution in [0.2, 0.25) is 0 Å². The number of ether oxygens (including phenoxy) is 1. The molecule has 4 rings (SSSR count). The Labute approximate surface area is 170 Å². The summed E-state index contributed by atoms with van der Waals surface area (Å²) in [6.07, 6.45) is 4.80. The van der Waals surface area contributed by atoms with Gasteiger partial charge >= 0.3 is 6.03 Å². The van der Waals surface area contributed by atoms with Crippen LogP contribution in [0.5, 0.6) is 0 Å². The third kappa shape index (κ3) is 4.42. The van der Waals surface area contributed by atoms with E-state index in [1.54, 1.807) is 12.3 Å². The fourth-order valence-corrected chi connectivity index (χ4v) is 3.99. The molecule has 1 atom stereocenters. The number of anilines is 2. The normalized spacial score (nSPS) is 19.9. The summed E-state index contributed by atoms with van der Waals surface area (Å²) in [6, 6.07) is 9.28. The standard InChI is InChI=1S/C21H27N5O3/c1-15-5-2-3-6-17(15)23-21(28)24-19-8-11-22-26(19)16-9-12-25(13-10-16)20(27)18-7-4-14-29-18/h2-3,5-6,8,11,16,18H,4,7,9-10,12-14H2,1H3,(H2,23,24,28)/t18-/m0/s1. The Morgan fingerprint density at radius 1 is 1.10 bits per heavy atom. The van der Waals surface area contributed by atoms with Crippen molar-refractivity contribution in [3.63, 3.8) is 0 Å². The summed E-state index contributed by atoms with van der Waals surface area (Å²) in [4.78, 5) is 26.8. The van der Waals surface area contributed by atoms with Crippen molar-refractivity contribution in [2.24, 2.45) is 0 Å². The van der Waals surface area contributed by atoms with Gasteiger partial charge < -0.3 is 15.0 Å². The number of aryl methyl sites for hydroxylation is 1. The van der Waals surface area contributed by atoms with Crippen LogP contribution >= 0.6 is 0 Å². The Morgan fingerprint density at radius 2 is 1.90 bits per heavy atom. The number of hydrogen-bond acceptors (Lipinski definition) is 4. The second kappa shape index (κ2) is 8.65. The molecule has 2 fully saturated rings. The zero-order valence-corrected chi connectivity index (χ0v) is 16.6. The van der Waals surface area contributed by atoms with E-state index in [1.165, 1.54) is 0 Å². The van der Waals surface area contributed by atoms with Gasteiger partial charge in [0.25, 0.3) is 5.91 Å². The van der Waals surface area contributed by atoms with Crippen molar-refractivity contribution >= 4 is 23.4 Å². The first-order valence-corrected chi connectivity index (χ1v) is 10.2. The van der Waals surface area contributed by atoms with E-state index in [0.717, 1.165) is 36.9 Å². The fraction of sp³-hybridized carbons (Fsp3) is 0.476. The molecule has 29 heavy (non-hydrogen) atoms.